The van der Waals surface area contributed by atoms with E-state index in [0.717, 1.165) is 71.5 Å². The Balaban J connectivity index is 1.69. The van der Waals surface area contributed by atoms with Crippen molar-refractivity contribution in [1.29, 1.82) is 0 Å². The summed E-state index contributed by atoms with van der Waals surface area (Å²) in [4.78, 5) is 0. The standard InChI is InChI=1S/C16H33NO4/c17-9-3-1-4-10-18-14-15-19-11-6-7-13-21-16-8-2-5-12-20-16/h16H,1-15,17H2. The van der Waals surface area contributed by atoms with Gasteiger partial charge in [-0.15, -0.1) is 0 Å². The van der Waals surface area contributed by atoms with Gasteiger partial charge in [0.1, 0.15) is 0 Å². The molecule has 2 N–H and O–H groups in total. The molecule has 5 heteroatoms. The molecule has 126 valence electrons. The van der Waals surface area contributed by atoms with Gasteiger partial charge in [-0.2, -0.15) is 0 Å². The van der Waals surface area contributed by atoms with Gasteiger partial charge in [0.2, 0.25) is 0 Å². The molecule has 0 spiro atoms. The Kier molecular flexibility index (Phi) is 13.2. The summed E-state index contributed by atoms with van der Waals surface area (Å²) in [6.07, 6.45) is 8.87. The van der Waals surface area contributed by atoms with Gasteiger partial charge in [-0.3, -0.25) is 0 Å². The molecule has 1 saturated heterocycles. The molecule has 1 rings (SSSR count). The molecule has 1 fully saturated rings. The monoisotopic (exact) mass is 303 g/mol. The van der Waals surface area contributed by atoms with Crippen LogP contribution < -0.4 is 5.73 Å². The number of hydrogen-bond donors (Lipinski definition) is 1. The van der Waals surface area contributed by atoms with Gasteiger partial charge >= 0.3 is 0 Å². The Hall–Kier alpha value is -0.200. The first-order valence-electron chi connectivity index (χ1n) is 8.52. The maximum atomic E-state index is 5.66. The lowest BCUT2D eigenvalue weighted by atomic mass is 10.2. The normalized spacial score (nSPS) is 19.0. The summed E-state index contributed by atoms with van der Waals surface area (Å²) in [5.41, 5.74) is 5.42. The minimum absolute atomic E-state index is 0.0346. The van der Waals surface area contributed by atoms with Crippen molar-refractivity contribution < 1.29 is 18.9 Å². The smallest absolute Gasteiger partial charge is 0.157 e. The third-order valence-corrected chi connectivity index (χ3v) is 3.49. The zero-order valence-corrected chi connectivity index (χ0v) is 13.4. The topological polar surface area (TPSA) is 62.9 Å². The molecule has 1 atom stereocenters. The van der Waals surface area contributed by atoms with Crippen molar-refractivity contribution in [2.75, 3.05) is 46.2 Å². The Morgan fingerprint density at radius 1 is 0.810 bits per heavy atom. The quantitative estimate of drug-likeness (QED) is 0.499. The van der Waals surface area contributed by atoms with E-state index in [2.05, 4.69) is 0 Å². The van der Waals surface area contributed by atoms with Crippen molar-refractivity contribution in [3.63, 3.8) is 0 Å². The van der Waals surface area contributed by atoms with E-state index in [4.69, 9.17) is 24.7 Å². The van der Waals surface area contributed by atoms with Crippen LogP contribution in [0.15, 0.2) is 0 Å². The van der Waals surface area contributed by atoms with E-state index in [0.29, 0.717) is 13.2 Å². The molecule has 1 aliphatic heterocycles. The summed E-state index contributed by atoms with van der Waals surface area (Å²) in [5.74, 6) is 0. The van der Waals surface area contributed by atoms with Gasteiger partial charge < -0.3 is 24.7 Å². The van der Waals surface area contributed by atoms with Gasteiger partial charge in [-0.25, -0.2) is 0 Å². The fourth-order valence-corrected chi connectivity index (χ4v) is 2.21. The number of nitrogens with two attached hydrogens (primary N) is 1. The van der Waals surface area contributed by atoms with Crippen LogP contribution in [0.5, 0.6) is 0 Å². The van der Waals surface area contributed by atoms with Gasteiger partial charge in [0.25, 0.3) is 0 Å². The lowest BCUT2D eigenvalue weighted by molar-refractivity contribution is -0.163. The largest absolute Gasteiger partial charge is 0.379 e. The minimum Gasteiger partial charge on any atom is -0.379 e. The molecule has 0 saturated carbocycles. The highest BCUT2D eigenvalue weighted by Crippen LogP contribution is 2.13. The van der Waals surface area contributed by atoms with Crippen LogP contribution in [0.4, 0.5) is 0 Å². The van der Waals surface area contributed by atoms with Crippen LogP contribution in [0.2, 0.25) is 0 Å². The molecule has 0 radical (unpaired) electrons. The Morgan fingerprint density at radius 3 is 2.19 bits per heavy atom. The molecule has 0 amide bonds. The fraction of sp³-hybridized carbons (Fsp3) is 1.00. The lowest BCUT2D eigenvalue weighted by Gasteiger charge is -2.22. The van der Waals surface area contributed by atoms with Gasteiger partial charge in [-0.05, 0) is 57.9 Å². The van der Waals surface area contributed by atoms with Gasteiger partial charge in [0.05, 0.1) is 13.2 Å². The maximum Gasteiger partial charge on any atom is 0.157 e. The molecule has 0 aromatic carbocycles. The van der Waals surface area contributed by atoms with E-state index in [1.165, 1.54) is 12.8 Å². The van der Waals surface area contributed by atoms with Gasteiger partial charge in [-0.1, -0.05) is 0 Å². The van der Waals surface area contributed by atoms with E-state index in [1.54, 1.807) is 0 Å². The molecule has 0 aromatic rings. The molecule has 0 bridgehead atoms. The Morgan fingerprint density at radius 2 is 1.52 bits per heavy atom. The van der Waals surface area contributed by atoms with E-state index >= 15 is 0 Å². The van der Waals surface area contributed by atoms with Crippen molar-refractivity contribution >= 4 is 0 Å². The van der Waals surface area contributed by atoms with Crippen LogP contribution in [0.25, 0.3) is 0 Å². The number of rotatable bonds is 14. The number of ether oxygens (including phenoxy) is 4. The zero-order valence-electron chi connectivity index (χ0n) is 13.4. The summed E-state index contributed by atoms with van der Waals surface area (Å²) in [7, 11) is 0. The summed E-state index contributed by atoms with van der Waals surface area (Å²) in [5, 5.41) is 0. The van der Waals surface area contributed by atoms with Crippen molar-refractivity contribution in [2.24, 2.45) is 5.73 Å². The Labute approximate surface area is 129 Å². The fourth-order valence-electron chi connectivity index (χ4n) is 2.21. The van der Waals surface area contributed by atoms with Crippen LogP contribution in [0.3, 0.4) is 0 Å². The molecule has 1 heterocycles. The molecule has 5 nitrogen and oxygen atoms in total. The second kappa shape index (κ2) is 14.7. The average molecular weight is 303 g/mol. The van der Waals surface area contributed by atoms with Crippen molar-refractivity contribution in [3.05, 3.63) is 0 Å². The first-order chi connectivity index (χ1) is 10.4. The zero-order chi connectivity index (χ0) is 15.0. The molecule has 1 aliphatic rings. The highest BCUT2D eigenvalue weighted by atomic mass is 16.7. The third-order valence-electron chi connectivity index (χ3n) is 3.49. The predicted molar refractivity (Wildman–Crippen MR) is 83.3 cm³/mol. The van der Waals surface area contributed by atoms with Crippen molar-refractivity contribution in [2.45, 2.75) is 57.7 Å². The second-order valence-electron chi connectivity index (χ2n) is 5.45. The SMILES string of the molecule is NCCCCCOCCOCCCCOC1CCCCO1. The van der Waals surface area contributed by atoms with Crippen LogP contribution in [0, 0.1) is 0 Å². The second-order valence-corrected chi connectivity index (χ2v) is 5.45. The summed E-state index contributed by atoms with van der Waals surface area (Å²) >= 11 is 0. The van der Waals surface area contributed by atoms with Crippen molar-refractivity contribution in [3.8, 4) is 0 Å². The van der Waals surface area contributed by atoms with Crippen LogP contribution in [0.1, 0.15) is 51.4 Å². The third kappa shape index (κ3) is 12.1. The first-order valence-corrected chi connectivity index (χ1v) is 8.52. The summed E-state index contributed by atoms with van der Waals surface area (Å²) < 4.78 is 22.2. The highest BCUT2D eigenvalue weighted by molar-refractivity contribution is 4.54. The first kappa shape index (κ1) is 18.8. The van der Waals surface area contributed by atoms with Crippen molar-refractivity contribution in [1.82, 2.24) is 0 Å². The summed E-state index contributed by atoms with van der Waals surface area (Å²) in [6, 6.07) is 0. The Bertz CT molecular complexity index is 210. The van der Waals surface area contributed by atoms with Gasteiger partial charge in [0.15, 0.2) is 6.29 Å². The molecule has 0 aliphatic carbocycles. The molecule has 1 unspecified atom stereocenters. The van der Waals surface area contributed by atoms with E-state index in [9.17, 15) is 0 Å². The molecular formula is C16H33NO4. The molecule has 21 heavy (non-hydrogen) atoms. The van der Waals surface area contributed by atoms with E-state index in [-0.39, 0.29) is 6.29 Å². The van der Waals surface area contributed by atoms with Crippen LogP contribution in [-0.2, 0) is 18.9 Å². The maximum absolute atomic E-state index is 5.66. The minimum atomic E-state index is 0.0346. The number of unbranched alkanes of at least 4 members (excludes halogenated alkanes) is 3. The summed E-state index contributed by atoms with van der Waals surface area (Å²) in [6.45, 7) is 5.37. The van der Waals surface area contributed by atoms with Gasteiger partial charge in [0, 0.05) is 26.4 Å². The average Bonchev–Trinajstić information content (AvgIpc) is 2.53. The molecular weight excluding hydrogens is 270 g/mol. The van der Waals surface area contributed by atoms with E-state index in [1.807, 2.05) is 0 Å². The number of hydrogen-bond acceptors (Lipinski definition) is 5. The predicted octanol–water partition coefficient (Wildman–Crippen LogP) is 2.47. The van der Waals surface area contributed by atoms with E-state index < -0.39 is 0 Å². The molecule has 0 aromatic heterocycles. The highest BCUT2D eigenvalue weighted by Gasteiger charge is 2.13. The lowest BCUT2D eigenvalue weighted by Crippen LogP contribution is -2.22. The van der Waals surface area contributed by atoms with Crippen LogP contribution in [-0.4, -0.2) is 52.5 Å². The van der Waals surface area contributed by atoms with Crippen LogP contribution >= 0.6 is 0 Å².